The van der Waals surface area contributed by atoms with E-state index in [2.05, 4.69) is 5.32 Å². The van der Waals surface area contributed by atoms with E-state index in [0.29, 0.717) is 5.69 Å². The van der Waals surface area contributed by atoms with Crippen molar-refractivity contribution in [2.45, 2.75) is 19.3 Å². The van der Waals surface area contributed by atoms with Crippen LogP contribution in [0, 0.1) is 10.1 Å². The molecule has 1 amide bonds. The molecule has 7 nitrogen and oxygen atoms in total. The highest BCUT2D eigenvalue weighted by Crippen LogP contribution is 2.35. The number of nitro benzene ring substituents is 1. The van der Waals surface area contributed by atoms with E-state index in [0.717, 1.165) is 19.3 Å². The van der Waals surface area contributed by atoms with Crippen molar-refractivity contribution in [3.8, 4) is 11.5 Å². The number of aryl methyl sites for hydroxylation is 2. The van der Waals surface area contributed by atoms with Gasteiger partial charge in [0.25, 0.3) is 11.6 Å². The molecule has 0 saturated carbocycles. The third-order valence-corrected chi connectivity index (χ3v) is 4.30. The van der Waals surface area contributed by atoms with Crippen LogP contribution in [0.4, 0.5) is 11.4 Å². The molecule has 2 aromatic rings. The number of hydrogen-bond donors (Lipinski definition) is 1. The minimum atomic E-state index is -0.612. The number of carbonyl (C=O) groups is 1. The first-order valence-corrected chi connectivity index (χ1v) is 7.87. The Kier molecular flexibility index (Phi) is 4.56. The number of nitrogens with one attached hydrogen (secondary N) is 1. The Morgan fingerprint density at radius 1 is 1.08 bits per heavy atom. The fourth-order valence-electron chi connectivity index (χ4n) is 3.05. The van der Waals surface area contributed by atoms with Crippen LogP contribution in [-0.4, -0.2) is 25.1 Å². The summed E-state index contributed by atoms with van der Waals surface area (Å²) in [5.41, 5.74) is 2.70. The molecule has 0 fully saturated rings. The Morgan fingerprint density at radius 3 is 2.44 bits per heavy atom. The van der Waals surface area contributed by atoms with E-state index in [4.69, 9.17) is 9.47 Å². The second kappa shape index (κ2) is 6.80. The lowest BCUT2D eigenvalue weighted by Crippen LogP contribution is -2.14. The molecule has 0 atom stereocenters. The zero-order valence-electron chi connectivity index (χ0n) is 14.0. The summed E-state index contributed by atoms with van der Waals surface area (Å²) >= 11 is 0. The molecular weight excluding hydrogens is 324 g/mol. The molecule has 0 unspecified atom stereocenters. The summed E-state index contributed by atoms with van der Waals surface area (Å²) in [5.74, 6) is -0.110. The summed E-state index contributed by atoms with van der Waals surface area (Å²) in [5, 5.41) is 14.1. The van der Waals surface area contributed by atoms with Gasteiger partial charge in [-0.15, -0.1) is 0 Å². The average Bonchev–Trinajstić information content (AvgIpc) is 3.08. The third kappa shape index (κ3) is 3.26. The molecule has 1 aliphatic carbocycles. The van der Waals surface area contributed by atoms with E-state index in [9.17, 15) is 14.9 Å². The zero-order valence-corrected chi connectivity index (χ0v) is 14.0. The maximum atomic E-state index is 12.6. The molecule has 0 aromatic heterocycles. The van der Waals surface area contributed by atoms with Gasteiger partial charge in [-0.05, 0) is 42.5 Å². The fourth-order valence-corrected chi connectivity index (χ4v) is 3.05. The lowest BCUT2D eigenvalue weighted by molar-refractivity contribution is -0.385. The molecule has 130 valence electrons. The van der Waals surface area contributed by atoms with Crippen LogP contribution in [0.25, 0.3) is 0 Å². The number of benzene rings is 2. The maximum absolute atomic E-state index is 12.6. The molecule has 0 spiro atoms. The monoisotopic (exact) mass is 342 g/mol. The van der Waals surface area contributed by atoms with Crippen LogP contribution in [0.1, 0.15) is 27.9 Å². The highest BCUT2D eigenvalue weighted by Gasteiger charge is 2.25. The van der Waals surface area contributed by atoms with Gasteiger partial charge in [0.05, 0.1) is 25.2 Å². The molecule has 1 N–H and O–H groups in total. The molecular formula is C18H18N2O5. The van der Waals surface area contributed by atoms with E-state index in [1.165, 1.54) is 37.5 Å². The minimum Gasteiger partial charge on any atom is -0.493 e. The molecule has 0 bridgehead atoms. The summed E-state index contributed by atoms with van der Waals surface area (Å²) in [6, 6.07) is 8.23. The standard InChI is InChI=1S/C18H18N2O5/c1-24-16-9-14(15(20(22)23)10-17(16)25-2)18(21)19-13-7-6-11-4-3-5-12(11)8-13/h6-10H,3-5H2,1-2H3,(H,19,21). The predicted molar refractivity (Wildman–Crippen MR) is 92.6 cm³/mol. The number of methoxy groups -OCH3 is 2. The van der Waals surface area contributed by atoms with Gasteiger partial charge >= 0.3 is 0 Å². The van der Waals surface area contributed by atoms with Gasteiger partial charge in [0, 0.05) is 11.8 Å². The van der Waals surface area contributed by atoms with E-state index >= 15 is 0 Å². The quantitative estimate of drug-likeness (QED) is 0.664. The van der Waals surface area contributed by atoms with Gasteiger partial charge in [-0.1, -0.05) is 6.07 Å². The molecule has 0 aliphatic heterocycles. The van der Waals surface area contributed by atoms with Gasteiger partial charge < -0.3 is 14.8 Å². The predicted octanol–water partition coefficient (Wildman–Crippen LogP) is 3.35. The normalized spacial score (nSPS) is 12.4. The maximum Gasteiger partial charge on any atom is 0.286 e. The first-order valence-electron chi connectivity index (χ1n) is 7.87. The number of carbonyl (C=O) groups excluding carboxylic acids is 1. The Hall–Kier alpha value is -3.09. The zero-order chi connectivity index (χ0) is 18.0. The number of nitro groups is 1. The van der Waals surface area contributed by atoms with Gasteiger partial charge in [0.1, 0.15) is 5.56 Å². The van der Waals surface area contributed by atoms with Crippen LogP contribution in [0.15, 0.2) is 30.3 Å². The Labute approximate surface area is 144 Å². The Balaban J connectivity index is 1.94. The number of rotatable bonds is 5. The Bertz CT molecular complexity index is 848. The number of nitrogens with zero attached hydrogens (tertiary/aromatic N) is 1. The SMILES string of the molecule is COc1cc(C(=O)Nc2ccc3c(c2)CCC3)c([N+](=O)[O-])cc1OC. The molecule has 0 saturated heterocycles. The van der Waals surface area contributed by atoms with Gasteiger partial charge in [0.2, 0.25) is 0 Å². The minimum absolute atomic E-state index is 0.0804. The number of ether oxygens (including phenoxy) is 2. The van der Waals surface area contributed by atoms with Crippen molar-refractivity contribution in [1.82, 2.24) is 0 Å². The van der Waals surface area contributed by atoms with Gasteiger partial charge in [-0.25, -0.2) is 0 Å². The third-order valence-electron chi connectivity index (χ3n) is 4.30. The summed E-state index contributed by atoms with van der Waals surface area (Å²) in [4.78, 5) is 23.3. The van der Waals surface area contributed by atoms with Crippen LogP contribution in [-0.2, 0) is 12.8 Å². The van der Waals surface area contributed by atoms with Gasteiger partial charge in [0.15, 0.2) is 11.5 Å². The first kappa shape index (κ1) is 16.8. The molecule has 2 aromatic carbocycles. The molecule has 25 heavy (non-hydrogen) atoms. The number of fused-ring (bicyclic) bond motifs is 1. The second-order valence-corrected chi connectivity index (χ2v) is 5.77. The summed E-state index contributed by atoms with van der Waals surface area (Å²) in [6.07, 6.45) is 3.13. The number of anilines is 1. The van der Waals surface area contributed by atoms with Crippen molar-refractivity contribution in [3.05, 3.63) is 57.1 Å². The molecule has 7 heteroatoms. The average molecular weight is 342 g/mol. The lowest BCUT2D eigenvalue weighted by Gasteiger charge is -2.11. The van der Waals surface area contributed by atoms with Crippen molar-refractivity contribution < 1.29 is 19.2 Å². The smallest absolute Gasteiger partial charge is 0.286 e. The van der Waals surface area contributed by atoms with Gasteiger partial charge in [-0.2, -0.15) is 0 Å². The Morgan fingerprint density at radius 2 is 1.76 bits per heavy atom. The van der Waals surface area contributed by atoms with Crippen molar-refractivity contribution in [1.29, 1.82) is 0 Å². The summed E-state index contributed by atoms with van der Waals surface area (Å²) in [6.45, 7) is 0. The van der Waals surface area contributed by atoms with Crippen molar-refractivity contribution in [2.24, 2.45) is 0 Å². The van der Waals surface area contributed by atoms with E-state index in [-0.39, 0.29) is 22.7 Å². The van der Waals surface area contributed by atoms with Crippen LogP contribution in [0.5, 0.6) is 11.5 Å². The molecule has 3 rings (SSSR count). The van der Waals surface area contributed by atoms with E-state index in [1.807, 2.05) is 18.2 Å². The highest BCUT2D eigenvalue weighted by molar-refractivity contribution is 6.07. The first-order chi connectivity index (χ1) is 12.0. The van der Waals surface area contributed by atoms with Gasteiger partial charge in [-0.3, -0.25) is 14.9 Å². The fraction of sp³-hybridized carbons (Fsp3) is 0.278. The second-order valence-electron chi connectivity index (χ2n) is 5.77. The molecule has 0 radical (unpaired) electrons. The topological polar surface area (TPSA) is 90.7 Å². The van der Waals surface area contributed by atoms with Crippen LogP contribution in [0.2, 0.25) is 0 Å². The van der Waals surface area contributed by atoms with Crippen LogP contribution < -0.4 is 14.8 Å². The number of hydrogen-bond acceptors (Lipinski definition) is 5. The van der Waals surface area contributed by atoms with E-state index < -0.39 is 10.8 Å². The highest BCUT2D eigenvalue weighted by atomic mass is 16.6. The lowest BCUT2D eigenvalue weighted by atomic mass is 10.1. The van der Waals surface area contributed by atoms with Crippen LogP contribution >= 0.6 is 0 Å². The van der Waals surface area contributed by atoms with Crippen LogP contribution in [0.3, 0.4) is 0 Å². The van der Waals surface area contributed by atoms with E-state index in [1.54, 1.807) is 0 Å². The number of amides is 1. The largest absolute Gasteiger partial charge is 0.493 e. The summed E-state index contributed by atoms with van der Waals surface area (Å²) < 4.78 is 10.2. The van der Waals surface area contributed by atoms with Crippen molar-refractivity contribution in [3.63, 3.8) is 0 Å². The molecule has 1 aliphatic rings. The summed E-state index contributed by atoms with van der Waals surface area (Å²) in [7, 11) is 2.79. The van der Waals surface area contributed by atoms with Crippen molar-refractivity contribution in [2.75, 3.05) is 19.5 Å². The molecule has 0 heterocycles. The van der Waals surface area contributed by atoms with Crippen molar-refractivity contribution >= 4 is 17.3 Å².